The van der Waals surface area contributed by atoms with Crippen LogP contribution in [-0.4, -0.2) is 48.8 Å². The van der Waals surface area contributed by atoms with Gasteiger partial charge < -0.3 is 20.1 Å². The minimum absolute atomic E-state index is 0.182. The number of ether oxygens (including phenoxy) is 1. The fourth-order valence-electron chi connectivity index (χ4n) is 3.28. The summed E-state index contributed by atoms with van der Waals surface area (Å²) in [5, 5.41) is 12.4. The number of aliphatic carboxylic acids is 1. The van der Waals surface area contributed by atoms with Crippen molar-refractivity contribution in [2.24, 2.45) is 5.41 Å². The number of hydrogen-bond acceptors (Lipinski definition) is 3. The molecule has 0 bridgehead atoms. The molecule has 0 radical (unpaired) electrons. The Morgan fingerprint density at radius 1 is 1.44 bits per heavy atom. The first kappa shape index (κ1) is 19.2. The van der Waals surface area contributed by atoms with E-state index < -0.39 is 11.4 Å². The number of carboxylic acid groups (broad SMARTS) is 1. The summed E-state index contributed by atoms with van der Waals surface area (Å²) in [7, 11) is 1.58. The van der Waals surface area contributed by atoms with Crippen molar-refractivity contribution >= 4 is 12.0 Å². The van der Waals surface area contributed by atoms with Crippen molar-refractivity contribution in [1.82, 2.24) is 10.2 Å². The third-order valence-corrected chi connectivity index (χ3v) is 4.65. The number of rotatable bonds is 7. The zero-order chi connectivity index (χ0) is 18.3. The molecule has 25 heavy (non-hydrogen) atoms. The average molecular weight is 352 g/mol. The number of carboxylic acids is 1. The molecule has 0 aliphatic carbocycles. The molecule has 1 aliphatic heterocycles. The Morgan fingerprint density at radius 3 is 2.92 bits per heavy atom. The van der Waals surface area contributed by atoms with E-state index in [0.29, 0.717) is 44.4 Å². The zero-order valence-electron chi connectivity index (χ0n) is 14.5. The second-order valence-corrected chi connectivity index (χ2v) is 6.50. The number of methoxy groups -OCH3 is 1. The highest BCUT2D eigenvalue weighted by atomic mass is 19.1. The van der Waals surface area contributed by atoms with E-state index in [1.807, 2.05) is 0 Å². The smallest absolute Gasteiger partial charge is 0.317 e. The highest BCUT2D eigenvalue weighted by molar-refractivity contribution is 5.78. The number of carbonyl (C=O) groups is 2. The first-order chi connectivity index (χ1) is 12.0. The van der Waals surface area contributed by atoms with Gasteiger partial charge in [-0.3, -0.25) is 4.79 Å². The molecule has 1 saturated heterocycles. The lowest BCUT2D eigenvalue weighted by Gasteiger charge is -2.40. The number of nitrogens with zero attached hydrogens (tertiary/aromatic N) is 1. The molecule has 7 heteroatoms. The highest BCUT2D eigenvalue weighted by Gasteiger charge is 2.43. The van der Waals surface area contributed by atoms with Gasteiger partial charge in [0.25, 0.3) is 0 Å². The van der Waals surface area contributed by atoms with E-state index in [2.05, 4.69) is 5.32 Å². The van der Waals surface area contributed by atoms with Crippen LogP contribution in [0.15, 0.2) is 24.3 Å². The van der Waals surface area contributed by atoms with E-state index in [-0.39, 0.29) is 24.9 Å². The highest BCUT2D eigenvalue weighted by Crippen LogP contribution is 2.35. The van der Waals surface area contributed by atoms with Crippen molar-refractivity contribution in [3.8, 4) is 0 Å². The number of amides is 2. The van der Waals surface area contributed by atoms with Gasteiger partial charge in [-0.05, 0) is 43.4 Å². The normalized spacial score (nSPS) is 20.3. The quantitative estimate of drug-likeness (QED) is 0.740. The summed E-state index contributed by atoms with van der Waals surface area (Å²) in [5.41, 5.74) is -0.262. The van der Waals surface area contributed by atoms with Gasteiger partial charge in [-0.1, -0.05) is 12.1 Å². The Balaban J connectivity index is 1.95. The van der Waals surface area contributed by atoms with Gasteiger partial charge >= 0.3 is 12.0 Å². The molecule has 1 aromatic rings. The van der Waals surface area contributed by atoms with E-state index in [9.17, 15) is 19.1 Å². The maximum Gasteiger partial charge on any atom is 0.317 e. The molecule has 0 spiro atoms. The molecule has 2 N–H and O–H groups in total. The van der Waals surface area contributed by atoms with Crippen LogP contribution in [-0.2, 0) is 16.1 Å². The second kappa shape index (κ2) is 8.80. The summed E-state index contributed by atoms with van der Waals surface area (Å²) in [6, 6.07) is 5.70. The predicted octanol–water partition coefficient (Wildman–Crippen LogP) is 2.63. The zero-order valence-corrected chi connectivity index (χ0v) is 14.5. The number of urea groups is 1. The Labute approximate surface area is 147 Å². The Morgan fingerprint density at radius 2 is 2.24 bits per heavy atom. The molecule has 1 aromatic carbocycles. The molecule has 0 unspecified atom stereocenters. The summed E-state index contributed by atoms with van der Waals surface area (Å²) in [6.07, 6.45) is 2.32. The van der Waals surface area contributed by atoms with Gasteiger partial charge in [-0.15, -0.1) is 0 Å². The lowest BCUT2D eigenvalue weighted by atomic mass is 9.76. The SMILES string of the molecule is COCCC[C@@]1(C(=O)O)CCCN(C(=O)NCc2cccc(F)c2)C1. The third kappa shape index (κ3) is 5.16. The van der Waals surface area contributed by atoms with Crippen molar-refractivity contribution < 1.29 is 23.8 Å². The molecule has 1 fully saturated rings. The van der Waals surface area contributed by atoms with Crippen LogP contribution in [0, 0.1) is 11.2 Å². The van der Waals surface area contributed by atoms with Crippen LogP contribution in [0.4, 0.5) is 9.18 Å². The minimum Gasteiger partial charge on any atom is -0.481 e. The lowest BCUT2D eigenvalue weighted by Crippen LogP contribution is -2.52. The molecule has 1 aliphatic rings. The lowest BCUT2D eigenvalue weighted by molar-refractivity contribution is -0.152. The summed E-state index contributed by atoms with van der Waals surface area (Å²) in [6.45, 7) is 1.41. The summed E-state index contributed by atoms with van der Waals surface area (Å²) >= 11 is 0. The number of halogens is 1. The largest absolute Gasteiger partial charge is 0.481 e. The molecular weight excluding hydrogens is 327 g/mol. The van der Waals surface area contributed by atoms with Gasteiger partial charge in [0.1, 0.15) is 5.82 Å². The number of benzene rings is 1. The standard InChI is InChI=1S/C18H25FN2O4/c1-25-10-4-8-18(16(22)23)7-3-9-21(13-18)17(24)20-12-14-5-2-6-15(19)11-14/h2,5-6,11H,3-4,7-10,12-13H2,1H3,(H,20,24)(H,22,23)/t18-/m0/s1. The average Bonchev–Trinajstić information content (AvgIpc) is 2.60. The van der Waals surface area contributed by atoms with Gasteiger partial charge in [-0.2, -0.15) is 0 Å². The van der Waals surface area contributed by atoms with E-state index in [1.165, 1.54) is 12.1 Å². The molecule has 6 nitrogen and oxygen atoms in total. The van der Waals surface area contributed by atoms with Crippen LogP contribution >= 0.6 is 0 Å². The maximum atomic E-state index is 13.2. The molecule has 0 aromatic heterocycles. The first-order valence-corrected chi connectivity index (χ1v) is 8.46. The minimum atomic E-state index is -0.924. The van der Waals surface area contributed by atoms with Crippen LogP contribution in [0.1, 0.15) is 31.2 Å². The van der Waals surface area contributed by atoms with Gasteiger partial charge in [0.05, 0.1) is 5.41 Å². The van der Waals surface area contributed by atoms with Crippen LogP contribution in [0.3, 0.4) is 0 Å². The van der Waals surface area contributed by atoms with Crippen LogP contribution in [0.2, 0.25) is 0 Å². The number of likely N-dealkylation sites (tertiary alicyclic amines) is 1. The predicted molar refractivity (Wildman–Crippen MR) is 90.6 cm³/mol. The number of hydrogen-bond donors (Lipinski definition) is 2. The third-order valence-electron chi connectivity index (χ3n) is 4.65. The van der Waals surface area contributed by atoms with E-state index in [0.717, 1.165) is 0 Å². The fourth-order valence-corrected chi connectivity index (χ4v) is 3.28. The Bertz CT molecular complexity index is 610. The van der Waals surface area contributed by atoms with Crippen LogP contribution in [0.5, 0.6) is 0 Å². The molecular formula is C18H25FN2O4. The molecule has 0 saturated carbocycles. The van der Waals surface area contributed by atoms with Gasteiger partial charge in [0, 0.05) is 33.4 Å². The Kier molecular flexibility index (Phi) is 6.75. The number of nitrogens with one attached hydrogen (secondary N) is 1. The summed E-state index contributed by atoms with van der Waals surface area (Å²) in [5.74, 6) is -1.22. The van der Waals surface area contributed by atoms with Crippen molar-refractivity contribution in [2.45, 2.75) is 32.2 Å². The molecule has 1 heterocycles. The van der Waals surface area contributed by atoms with Crippen molar-refractivity contribution in [2.75, 3.05) is 26.8 Å². The van der Waals surface area contributed by atoms with Gasteiger partial charge in [0.2, 0.25) is 0 Å². The van der Waals surface area contributed by atoms with Crippen molar-refractivity contribution in [3.63, 3.8) is 0 Å². The maximum absolute atomic E-state index is 13.2. The molecule has 138 valence electrons. The molecule has 1 atom stereocenters. The number of carbonyl (C=O) groups excluding carboxylic acids is 1. The molecule has 2 amide bonds. The second-order valence-electron chi connectivity index (χ2n) is 6.50. The van der Waals surface area contributed by atoms with Gasteiger partial charge in [-0.25, -0.2) is 9.18 Å². The van der Waals surface area contributed by atoms with Crippen molar-refractivity contribution in [1.29, 1.82) is 0 Å². The van der Waals surface area contributed by atoms with Crippen molar-refractivity contribution in [3.05, 3.63) is 35.6 Å². The van der Waals surface area contributed by atoms with E-state index >= 15 is 0 Å². The van der Waals surface area contributed by atoms with Crippen LogP contribution in [0.25, 0.3) is 0 Å². The van der Waals surface area contributed by atoms with Crippen LogP contribution < -0.4 is 5.32 Å². The first-order valence-electron chi connectivity index (χ1n) is 8.46. The van der Waals surface area contributed by atoms with Gasteiger partial charge in [0.15, 0.2) is 0 Å². The number of piperidine rings is 1. The monoisotopic (exact) mass is 352 g/mol. The summed E-state index contributed by atoms with van der Waals surface area (Å²) < 4.78 is 18.2. The van der Waals surface area contributed by atoms with E-state index in [4.69, 9.17) is 4.74 Å². The molecule has 2 rings (SSSR count). The topological polar surface area (TPSA) is 78.9 Å². The summed E-state index contributed by atoms with van der Waals surface area (Å²) in [4.78, 5) is 25.8. The Hall–Kier alpha value is -2.15. The fraction of sp³-hybridized carbons (Fsp3) is 0.556. The van der Waals surface area contributed by atoms with E-state index in [1.54, 1.807) is 24.1 Å².